The molecular formula is C30H42ClN3O3. The third-order valence-corrected chi connectivity index (χ3v) is 7.35. The molecule has 0 spiro atoms. The zero-order valence-corrected chi connectivity index (χ0v) is 23.2. The Morgan fingerprint density at radius 3 is 2.43 bits per heavy atom. The number of halogens is 1. The summed E-state index contributed by atoms with van der Waals surface area (Å²) < 4.78 is 13.0. The number of hydrogen-bond acceptors (Lipinski definition) is 5. The van der Waals surface area contributed by atoms with Gasteiger partial charge in [0.25, 0.3) is 0 Å². The fourth-order valence-corrected chi connectivity index (χ4v) is 5.39. The Morgan fingerprint density at radius 2 is 1.76 bits per heavy atom. The van der Waals surface area contributed by atoms with E-state index in [0.29, 0.717) is 19.0 Å². The highest BCUT2D eigenvalue weighted by molar-refractivity contribution is 5.30. The summed E-state index contributed by atoms with van der Waals surface area (Å²) in [6.07, 6.45) is 8.22. The molecule has 1 atom stereocenters. The molecule has 4 rings (SSSR count). The summed E-state index contributed by atoms with van der Waals surface area (Å²) in [7, 11) is 6.34. The Kier molecular flexibility index (Phi) is 10.6. The van der Waals surface area contributed by atoms with Gasteiger partial charge in [0.05, 0.1) is 33.4 Å². The maximum atomic E-state index is 12.0. The number of aromatic nitrogens is 1. The standard InChI is InChI=1S/C30H42N3O3.ClH/c1-31-21-24-15-17-27(18-16-24)35-20-10-19-33(2,3)23-28-22-32-29(36-28)30(34,25-11-6-4-7-12-25)26-13-8-5-9-14-26;/h4,6-7,11-12,15-18,22,26,31,34H,5,8-10,13-14,19-21,23H2,1-3H3;1H/q+1;/p-1/t30-;/m0./s1. The Labute approximate surface area is 228 Å². The third kappa shape index (κ3) is 7.57. The molecule has 0 saturated heterocycles. The lowest BCUT2D eigenvalue weighted by atomic mass is 9.73. The minimum atomic E-state index is -1.19. The quantitative estimate of drug-likeness (QED) is 0.279. The first-order valence-corrected chi connectivity index (χ1v) is 13.3. The van der Waals surface area contributed by atoms with E-state index < -0.39 is 5.60 Å². The van der Waals surface area contributed by atoms with Gasteiger partial charge in [-0.25, -0.2) is 4.98 Å². The van der Waals surface area contributed by atoms with Crippen molar-refractivity contribution in [1.29, 1.82) is 0 Å². The van der Waals surface area contributed by atoms with Crippen LogP contribution in [0, 0.1) is 5.92 Å². The number of benzene rings is 2. The van der Waals surface area contributed by atoms with Gasteiger partial charge in [-0.15, -0.1) is 0 Å². The van der Waals surface area contributed by atoms with E-state index in [1.54, 1.807) is 6.20 Å². The van der Waals surface area contributed by atoms with E-state index >= 15 is 0 Å². The summed E-state index contributed by atoms with van der Waals surface area (Å²) in [5.41, 5.74) is 0.931. The molecule has 1 aromatic heterocycles. The molecule has 6 nitrogen and oxygen atoms in total. The first-order chi connectivity index (χ1) is 17.4. The van der Waals surface area contributed by atoms with E-state index in [4.69, 9.17) is 9.15 Å². The van der Waals surface area contributed by atoms with Crippen molar-refractivity contribution >= 4 is 0 Å². The zero-order chi connectivity index (χ0) is 25.4. The van der Waals surface area contributed by atoms with Gasteiger partial charge in [-0.05, 0) is 43.1 Å². The van der Waals surface area contributed by atoms with Gasteiger partial charge in [0.15, 0.2) is 11.4 Å². The minimum absolute atomic E-state index is 0. The monoisotopic (exact) mass is 527 g/mol. The molecule has 0 aliphatic heterocycles. The molecule has 202 valence electrons. The highest BCUT2D eigenvalue weighted by atomic mass is 35.5. The van der Waals surface area contributed by atoms with Gasteiger partial charge >= 0.3 is 0 Å². The van der Waals surface area contributed by atoms with E-state index in [2.05, 4.69) is 36.5 Å². The SMILES string of the molecule is CNCc1ccc(OCCC[N+](C)(C)Cc2cnc([C@](O)(c3ccccc3)C3CCCCC3)o2)cc1.[Cl-]. The first kappa shape index (κ1) is 29.2. The molecule has 2 N–H and O–H groups in total. The number of oxazole rings is 1. The summed E-state index contributed by atoms with van der Waals surface area (Å²) in [4.78, 5) is 4.62. The summed E-state index contributed by atoms with van der Waals surface area (Å²) in [5, 5.41) is 15.2. The molecule has 0 amide bonds. The van der Waals surface area contributed by atoms with E-state index in [1.807, 2.05) is 49.5 Å². The maximum Gasteiger partial charge on any atom is 0.231 e. The minimum Gasteiger partial charge on any atom is -1.00 e. The topological polar surface area (TPSA) is 67.5 Å². The predicted molar refractivity (Wildman–Crippen MR) is 143 cm³/mol. The lowest BCUT2D eigenvalue weighted by molar-refractivity contribution is -0.904. The Hall–Kier alpha value is -2.38. The van der Waals surface area contributed by atoms with Crippen molar-refractivity contribution in [2.24, 2.45) is 5.92 Å². The second-order valence-electron chi connectivity index (χ2n) is 10.8. The molecule has 1 saturated carbocycles. The first-order valence-electron chi connectivity index (χ1n) is 13.3. The van der Waals surface area contributed by atoms with Gasteiger partial charge in [-0.2, -0.15) is 0 Å². The number of nitrogens with zero attached hydrogens (tertiary/aromatic N) is 2. The van der Waals surface area contributed by atoms with Crippen LogP contribution in [0.5, 0.6) is 5.75 Å². The summed E-state index contributed by atoms with van der Waals surface area (Å²) in [6.45, 7) is 3.18. The summed E-state index contributed by atoms with van der Waals surface area (Å²) >= 11 is 0. The van der Waals surface area contributed by atoms with Crippen LogP contribution in [0.25, 0.3) is 0 Å². The van der Waals surface area contributed by atoms with Crippen molar-refractivity contribution < 1.29 is 31.2 Å². The zero-order valence-electron chi connectivity index (χ0n) is 22.5. The number of rotatable bonds is 12. The largest absolute Gasteiger partial charge is 1.00 e. The molecule has 2 aromatic carbocycles. The van der Waals surface area contributed by atoms with Crippen LogP contribution in [0.3, 0.4) is 0 Å². The number of hydrogen-bond donors (Lipinski definition) is 2. The maximum absolute atomic E-state index is 12.0. The van der Waals surface area contributed by atoms with E-state index in [9.17, 15) is 5.11 Å². The molecule has 0 bridgehead atoms. The van der Waals surface area contributed by atoms with E-state index in [-0.39, 0.29) is 18.3 Å². The Balaban J connectivity index is 0.00000380. The molecule has 0 unspecified atom stereocenters. The smallest absolute Gasteiger partial charge is 0.231 e. The van der Waals surface area contributed by atoms with Crippen molar-refractivity contribution in [2.45, 2.75) is 57.2 Å². The van der Waals surface area contributed by atoms with Crippen LogP contribution in [0.15, 0.2) is 65.2 Å². The molecule has 3 aromatic rings. The number of quaternary nitrogens is 1. The average molecular weight is 528 g/mol. The summed E-state index contributed by atoms with van der Waals surface area (Å²) in [6, 6.07) is 18.2. The Bertz CT molecular complexity index is 1070. The van der Waals surface area contributed by atoms with Gasteiger partial charge in [-0.3, -0.25) is 0 Å². The number of nitrogens with one attached hydrogen (secondary N) is 1. The fourth-order valence-electron chi connectivity index (χ4n) is 5.39. The van der Waals surface area contributed by atoms with Crippen LogP contribution in [0.2, 0.25) is 0 Å². The second kappa shape index (κ2) is 13.4. The normalized spacial score (nSPS) is 16.1. The molecule has 37 heavy (non-hydrogen) atoms. The Morgan fingerprint density at radius 1 is 1.05 bits per heavy atom. The second-order valence-corrected chi connectivity index (χ2v) is 10.8. The van der Waals surface area contributed by atoms with E-state index in [0.717, 1.165) is 66.7 Å². The number of aliphatic hydroxyl groups is 1. The molecule has 1 aliphatic rings. The van der Waals surface area contributed by atoms with Gasteiger partial charge in [0.2, 0.25) is 5.89 Å². The van der Waals surface area contributed by atoms with Gasteiger partial charge < -0.3 is 36.5 Å². The van der Waals surface area contributed by atoms with Crippen molar-refractivity contribution in [3.8, 4) is 5.75 Å². The molecule has 1 aliphatic carbocycles. The van der Waals surface area contributed by atoms with Crippen LogP contribution in [0.1, 0.15) is 61.3 Å². The number of ether oxygens (including phenoxy) is 1. The molecule has 1 fully saturated rings. The van der Waals surface area contributed by atoms with Crippen molar-refractivity contribution in [3.05, 3.63) is 83.6 Å². The van der Waals surface area contributed by atoms with Crippen LogP contribution >= 0.6 is 0 Å². The summed E-state index contributed by atoms with van der Waals surface area (Å²) in [5.74, 6) is 2.26. The van der Waals surface area contributed by atoms with Crippen LogP contribution in [0.4, 0.5) is 0 Å². The van der Waals surface area contributed by atoms with Crippen molar-refractivity contribution in [3.63, 3.8) is 0 Å². The lowest BCUT2D eigenvalue weighted by Crippen LogP contribution is -3.00. The fraction of sp³-hybridized carbons (Fsp3) is 0.500. The average Bonchev–Trinajstić information content (AvgIpc) is 3.36. The lowest BCUT2D eigenvalue weighted by Gasteiger charge is -2.36. The third-order valence-electron chi connectivity index (χ3n) is 7.35. The van der Waals surface area contributed by atoms with Crippen LogP contribution in [-0.2, 0) is 18.7 Å². The molecule has 0 radical (unpaired) electrons. The highest BCUT2D eigenvalue weighted by Crippen LogP contribution is 2.43. The van der Waals surface area contributed by atoms with Crippen LogP contribution in [-0.4, -0.2) is 48.9 Å². The van der Waals surface area contributed by atoms with Gasteiger partial charge in [-0.1, -0.05) is 61.7 Å². The van der Waals surface area contributed by atoms with Gasteiger partial charge in [0.1, 0.15) is 12.3 Å². The van der Waals surface area contributed by atoms with Gasteiger partial charge in [0, 0.05) is 18.9 Å². The van der Waals surface area contributed by atoms with E-state index in [1.165, 1.54) is 12.0 Å². The molecule has 7 heteroatoms. The van der Waals surface area contributed by atoms with Crippen molar-refractivity contribution in [1.82, 2.24) is 10.3 Å². The van der Waals surface area contributed by atoms with Crippen molar-refractivity contribution in [2.75, 3.05) is 34.3 Å². The molecular weight excluding hydrogens is 486 g/mol. The molecule has 1 heterocycles. The van der Waals surface area contributed by atoms with Crippen LogP contribution < -0.4 is 22.5 Å². The predicted octanol–water partition coefficient (Wildman–Crippen LogP) is 2.26. The highest BCUT2D eigenvalue weighted by Gasteiger charge is 2.44.